The first-order valence-electron chi connectivity index (χ1n) is 8.31. The number of rotatable bonds is 4. The summed E-state index contributed by atoms with van der Waals surface area (Å²) in [5, 5.41) is 13.9. The molecule has 1 aromatic rings. The monoisotopic (exact) mass is 336 g/mol. The largest absolute Gasteiger partial charge is 0.480 e. The van der Waals surface area contributed by atoms with Gasteiger partial charge in [0.1, 0.15) is 6.04 Å². The Labute approximate surface area is 143 Å². The molecule has 7 heteroatoms. The number of nitrogens with zero attached hydrogens (tertiary/aromatic N) is 4. The molecule has 1 aliphatic rings. The molecule has 1 saturated heterocycles. The lowest BCUT2D eigenvalue weighted by Gasteiger charge is -2.37. The molecule has 2 rings (SSSR count). The molecule has 2 heterocycles. The summed E-state index contributed by atoms with van der Waals surface area (Å²) in [5.74, 6) is -0.906. The Balaban J connectivity index is 2.15. The minimum atomic E-state index is -0.825. The van der Waals surface area contributed by atoms with E-state index in [0.717, 1.165) is 5.56 Å². The molecule has 0 saturated carbocycles. The maximum atomic E-state index is 12.2. The van der Waals surface area contributed by atoms with E-state index in [4.69, 9.17) is 0 Å². The molecule has 24 heavy (non-hydrogen) atoms. The number of aromatic nitrogens is 2. The van der Waals surface area contributed by atoms with Crippen molar-refractivity contribution in [3.8, 4) is 0 Å². The summed E-state index contributed by atoms with van der Waals surface area (Å²) >= 11 is 0. The van der Waals surface area contributed by atoms with E-state index in [0.29, 0.717) is 25.9 Å². The van der Waals surface area contributed by atoms with Crippen LogP contribution in [0.15, 0.2) is 12.4 Å². The zero-order valence-electron chi connectivity index (χ0n) is 15.2. The van der Waals surface area contributed by atoms with Crippen molar-refractivity contribution in [1.82, 2.24) is 19.6 Å². The number of carbonyl (C=O) groups is 2. The third kappa shape index (κ3) is 4.14. The van der Waals surface area contributed by atoms with Crippen LogP contribution in [0.5, 0.6) is 0 Å². The van der Waals surface area contributed by atoms with Crippen LogP contribution in [-0.4, -0.2) is 63.2 Å². The predicted octanol–water partition coefficient (Wildman–Crippen LogP) is 1.39. The summed E-state index contributed by atoms with van der Waals surface area (Å²) in [6.07, 6.45) is 4.84. The Hall–Kier alpha value is -1.89. The van der Waals surface area contributed by atoms with Crippen LogP contribution in [0.3, 0.4) is 0 Å². The number of piperidine rings is 1. The highest BCUT2D eigenvalue weighted by atomic mass is 16.4. The maximum Gasteiger partial charge on any atom is 0.320 e. The second-order valence-electron chi connectivity index (χ2n) is 7.75. The quantitative estimate of drug-likeness (QED) is 0.899. The highest BCUT2D eigenvalue weighted by Crippen LogP contribution is 2.25. The van der Waals surface area contributed by atoms with Crippen LogP contribution in [0, 0.1) is 5.92 Å². The maximum absolute atomic E-state index is 12.2. The van der Waals surface area contributed by atoms with Crippen LogP contribution in [0.25, 0.3) is 0 Å². The van der Waals surface area contributed by atoms with Crippen LogP contribution in [0.1, 0.15) is 39.2 Å². The molecule has 1 N–H and O–H groups in total. The van der Waals surface area contributed by atoms with Gasteiger partial charge in [0.15, 0.2) is 0 Å². The van der Waals surface area contributed by atoms with Gasteiger partial charge in [0.25, 0.3) is 0 Å². The Morgan fingerprint density at radius 2 is 2.00 bits per heavy atom. The van der Waals surface area contributed by atoms with Crippen LogP contribution < -0.4 is 0 Å². The second kappa shape index (κ2) is 6.93. The number of aliphatic carboxylic acids is 1. The summed E-state index contributed by atoms with van der Waals surface area (Å²) in [6, 6.07) is -0.547. The first-order valence-corrected chi connectivity index (χ1v) is 8.31. The van der Waals surface area contributed by atoms with Crippen molar-refractivity contribution in [1.29, 1.82) is 0 Å². The molecule has 2 atom stereocenters. The van der Waals surface area contributed by atoms with Crippen molar-refractivity contribution >= 4 is 11.9 Å². The fraction of sp³-hybridized carbons (Fsp3) is 0.706. The van der Waals surface area contributed by atoms with Gasteiger partial charge in [0.05, 0.1) is 17.7 Å². The molecule has 1 aromatic heterocycles. The van der Waals surface area contributed by atoms with E-state index in [9.17, 15) is 14.7 Å². The van der Waals surface area contributed by atoms with Gasteiger partial charge in [-0.2, -0.15) is 5.10 Å². The number of carboxylic acids is 1. The number of hydrogen-bond donors (Lipinski definition) is 1. The smallest absolute Gasteiger partial charge is 0.320 e. The average molecular weight is 336 g/mol. The molecule has 0 spiro atoms. The van der Waals surface area contributed by atoms with Crippen molar-refractivity contribution in [2.75, 3.05) is 20.6 Å². The summed E-state index contributed by atoms with van der Waals surface area (Å²) in [7, 11) is 3.48. The third-order valence-corrected chi connectivity index (χ3v) is 4.47. The minimum Gasteiger partial charge on any atom is -0.480 e. The van der Waals surface area contributed by atoms with Gasteiger partial charge in [-0.3, -0.25) is 19.2 Å². The lowest BCUT2D eigenvalue weighted by Crippen LogP contribution is -2.50. The normalized spacial score (nSPS) is 22.4. The topological polar surface area (TPSA) is 78.7 Å². The van der Waals surface area contributed by atoms with Gasteiger partial charge in [-0.25, -0.2) is 0 Å². The Morgan fingerprint density at radius 3 is 2.50 bits per heavy atom. The molecule has 0 aromatic carbocycles. The molecule has 1 fully saturated rings. The van der Waals surface area contributed by atoms with Crippen LogP contribution in [0.2, 0.25) is 0 Å². The van der Waals surface area contributed by atoms with Crippen molar-refractivity contribution in [2.24, 2.45) is 5.92 Å². The van der Waals surface area contributed by atoms with Gasteiger partial charge in [-0.05, 0) is 33.6 Å². The van der Waals surface area contributed by atoms with Gasteiger partial charge < -0.3 is 10.0 Å². The Bertz CT molecular complexity index is 603. The summed E-state index contributed by atoms with van der Waals surface area (Å²) in [5.41, 5.74) is 0.851. The molecule has 2 unspecified atom stereocenters. The van der Waals surface area contributed by atoms with Crippen molar-refractivity contribution in [3.05, 3.63) is 18.0 Å². The van der Waals surface area contributed by atoms with Gasteiger partial charge in [0, 0.05) is 38.9 Å². The van der Waals surface area contributed by atoms with E-state index in [1.807, 2.05) is 15.8 Å². The summed E-state index contributed by atoms with van der Waals surface area (Å²) in [4.78, 5) is 27.3. The van der Waals surface area contributed by atoms with Crippen LogP contribution >= 0.6 is 0 Å². The fourth-order valence-electron chi connectivity index (χ4n) is 3.11. The van der Waals surface area contributed by atoms with Crippen molar-refractivity contribution < 1.29 is 14.7 Å². The minimum absolute atomic E-state index is 0.0641. The zero-order chi connectivity index (χ0) is 18.1. The van der Waals surface area contributed by atoms with Crippen LogP contribution in [0.4, 0.5) is 0 Å². The molecular formula is C17H28N4O3. The van der Waals surface area contributed by atoms with E-state index in [2.05, 4.69) is 25.9 Å². The first kappa shape index (κ1) is 18.4. The average Bonchev–Trinajstić information content (AvgIpc) is 2.94. The lowest BCUT2D eigenvalue weighted by molar-refractivity contribution is -0.148. The first-order chi connectivity index (χ1) is 11.1. The zero-order valence-corrected chi connectivity index (χ0v) is 15.2. The molecule has 0 aliphatic carbocycles. The molecule has 0 radical (unpaired) electrons. The van der Waals surface area contributed by atoms with Crippen molar-refractivity contribution in [2.45, 2.75) is 51.7 Å². The van der Waals surface area contributed by atoms with E-state index in [-0.39, 0.29) is 17.4 Å². The number of amides is 1. The lowest BCUT2D eigenvalue weighted by atomic mass is 9.91. The van der Waals surface area contributed by atoms with E-state index < -0.39 is 12.0 Å². The molecule has 1 aliphatic heterocycles. The standard InChI is InChI=1S/C17H28N4O3/c1-17(2,3)21-10-12(8-18-21)9-20-11-13(15(22)19(4)5)6-7-14(20)16(23)24/h8,10,13-14H,6-7,9,11H2,1-5H3,(H,23,24). The summed E-state index contributed by atoms with van der Waals surface area (Å²) < 4.78 is 1.88. The van der Waals surface area contributed by atoms with Crippen molar-refractivity contribution in [3.63, 3.8) is 0 Å². The third-order valence-electron chi connectivity index (χ3n) is 4.47. The highest BCUT2D eigenvalue weighted by Gasteiger charge is 2.36. The summed E-state index contributed by atoms with van der Waals surface area (Å²) in [6.45, 7) is 7.16. The van der Waals surface area contributed by atoms with Gasteiger partial charge in [-0.15, -0.1) is 0 Å². The number of hydrogen-bond acceptors (Lipinski definition) is 4. The molecule has 134 valence electrons. The molecule has 0 bridgehead atoms. The van der Waals surface area contributed by atoms with Gasteiger partial charge >= 0.3 is 5.97 Å². The number of likely N-dealkylation sites (tertiary alicyclic amines) is 1. The number of carbonyl (C=O) groups excluding carboxylic acids is 1. The molecule has 1 amide bonds. The Morgan fingerprint density at radius 1 is 1.33 bits per heavy atom. The van der Waals surface area contributed by atoms with E-state index in [1.54, 1.807) is 25.2 Å². The second-order valence-corrected chi connectivity index (χ2v) is 7.75. The van der Waals surface area contributed by atoms with Gasteiger partial charge in [0.2, 0.25) is 5.91 Å². The van der Waals surface area contributed by atoms with Gasteiger partial charge in [-0.1, -0.05) is 0 Å². The highest BCUT2D eigenvalue weighted by molar-refractivity contribution is 5.79. The van der Waals surface area contributed by atoms with Crippen LogP contribution in [-0.2, 0) is 21.7 Å². The fourth-order valence-corrected chi connectivity index (χ4v) is 3.11. The molecular weight excluding hydrogens is 308 g/mol. The van der Waals surface area contributed by atoms with E-state index in [1.165, 1.54) is 0 Å². The van der Waals surface area contributed by atoms with E-state index >= 15 is 0 Å². The SMILES string of the molecule is CN(C)C(=O)C1CCC(C(=O)O)N(Cc2cnn(C(C)(C)C)c2)C1. The Kier molecular flexibility index (Phi) is 5.32. The molecule has 7 nitrogen and oxygen atoms in total. The predicted molar refractivity (Wildman–Crippen MR) is 90.5 cm³/mol. The number of carboxylic acid groups (broad SMARTS) is 1.